The van der Waals surface area contributed by atoms with Gasteiger partial charge in [0.05, 0.1) is 12.6 Å². The van der Waals surface area contributed by atoms with E-state index in [1.807, 2.05) is 26.1 Å². The van der Waals surface area contributed by atoms with Crippen molar-refractivity contribution in [2.45, 2.75) is 13.0 Å². The molecule has 0 radical (unpaired) electrons. The second-order valence-corrected chi connectivity index (χ2v) is 2.78. The van der Waals surface area contributed by atoms with E-state index in [9.17, 15) is 0 Å². The summed E-state index contributed by atoms with van der Waals surface area (Å²) < 4.78 is 5.36. The molecule has 0 fully saturated rings. The monoisotopic (exact) mass is 180 g/mol. The molecule has 3 heteroatoms. The van der Waals surface area contributed by atoms with Crippen molar-refractivity contribution in [3.8, 4) is 0 Å². The maximum absolute atomic E-state index is 5.36. The maximum Gasteiger partial charge on any atom is 0.0661 e. The first-order chi connectivity index (χ1) is 6.38. The minimum absolute atomic E-state index is 0.267. The lowest BCUT2D eigenvalue weighted by molar-refractivity contribution is 0.125. The summed E-state index contributed by atoms with van der Waals surface area (Å²) in [5, 5.41) is 3.20. The van der Waals surface area contributed by atoms with E-state index in [4.69, 9.17) is 4.74 Å². The van der Waals surface area contributed by atoms with Crippen LogP contribution in [0.3, 0.4) is 0 Å². The summed E-state index contributed by atoms with van der Waals surface area (Å²) >= 11 is 0. The third kappa shape index (κ3) is 3.13. The summed E-state index contributed by atoms with van der Waals surface area (Å²) in [6.45, 7) is 3.46. The topological polar surface area (TPSA) is 34.1 Å². The zero-order chi connectivity index (χ0) is 9.52. The summed E-state index contributed by atoms with van der Waals surface area (Å²) in [4.78, 5) is 3.97. The lowest BCUT2D eigenvalue weighted by atomic mass is 10.1. The molecule has 3 nitrogen and oxygen atoms in total. The van der Waals surface area contributed by atoms with Gasteiger partial charge < -0.3 is 10.1 Å². The number of hydrogen-bond donors (Lipinski definition) is 1. The Morgan fingerprint density at radius 3 is 2.69 bits per heavy atom. The number of nitrogens with one attached hydrogen (secondary N) is 1. The molecular weight excluding hydrogens is 164 g/mol. The van der Waals surface area contributed by atoms with Gasteiger partial charge in [-0.3, -0.25) is 4.98 Å². The molecule has 1 N–H and O–H groups in total. The van der Waals surface area contributed by atoms with E-state index in [2.05, 4.69) is 10.3 Å². The summed E-state index contributed by atoms with van der Waals surface area (Å²) in [6.07, 6.45) is 3.59. The van der Waals surface area contributed by atoms with Gasteiger partial charge >= 0.3 is 0 Å². The van der Waals surface area contributed by atoms with Crippen molar-refractivity contribution in [3.63, 3.8) is 0 Å². The normalized spacial score (nSPS) is 12.8. The fourth-order valence-electron chi connectivity index (χ4n) is 1.18. The predicted molar refractivity (Wildman–Crippen MR) is 52.5 cm³/mol. The van der Waals surface area contributed by atoms with Crippen molar-refractivity contribution in [1.29, 1.82) is 0 Å². The van der Waals surface area contributed by atoms with Gasteiger partial charge in [-0.1, -0.05) is 0 Å². The zero-order valence-electron chi connectivity index (χ0n) is 8.16. The number of aromatic nitrogens is 1. The van der Waals surface area contributed by atoms with Crippen LogP contribution < -0.4 is 5.32 Å². The third-order valence-electron chi connectivity index (χ3n) is 1.95. The average molecular weight is 180 g/mol. The first kappa shape index (κ1) is 10.2. The highest BCUT2D eigenvalue weighted by Gasteiger charge is 2.07. The fraction of sp³-hybridized carbons (Fsp3) is 0.500. The van der Waals surface area contributed by atoms with Crippen LogP contribution in [0.15, 0.2) is 24.5 Å². The van der Waals surface area contributed by atoms with Crippen LogP contribution in [0.5, 0.6) is 0 Å². The largest absolute Gasteiger partial charge is 0.380 e. The third-order valence-corrected chi connectivity index (χ3v) is 1.95. The number of nitrogens with zero attached hydrogens (tertiary/aromatic N) is 1. The lowest BCUT2D eigenvalue weighted by Crippen LogP contribution is -2.21. The molecule has 1 rings (SSSR count). The molecule has 0 aliphatic heterocycles. The number of ether oxygens (including phenoxy) is 1. The Kier molecular flexibility index (Phi) is 4.43. The highest BCUT2D eigenvalue weighted by atomic mass is 16.5. The molecule has 0 aromatic carbocycles. The number of rotatable bonds is 5. The van der Waals surface area contributed by atoms with Gasteiger partial charge in [-0.25, -0.2) is 0 Å². The van der Waals surface area contributed by atoms with Gasteiger partial charge in [-0.2, -0.15) is 0 Å². The van der Waals surface area contributed by atoms with Crippen LogP contribution in [-0.4, -0.2) is 25.2 Å². The van der Waals surface area contributed by atoms with E-state index < -0.39 is 0 Å². The first-order valence-electron chi connectivity index (χ1n) is 4.53. The summed E-state index contributed by atoms with van der Waals surface area (Å²) in [5.74, 6) is 0. The van der Waals surface area contributed by atoms with Gasteiger partial charge in [-0.05, 0) is 31.7 Å². The molecular formula is C10H16N2O. The Labute approximate surface area is 79.1 Å². The molecule has 0 spiro atoms. The maximum atomic E-state index is 5.36. The minimum Gasteiger partial charge on any atom is -0.380 e. The van der Waals surface area contributed by atoms with Crippen molar-refractivity contribution in [2.75, 3.05) is 20.3 Å². The molecule has 0 aliphatic carbocycles. The number of likely N-dealkylation sites (N-methyl/N-ethyl adjacent to an activating group) is 1. The molecule has 72 valence electrons. The molecule has 0 saturated heterocycles. The van der Waals surface area contributed by atoms with E-state index in [1.54, 1.807) is 12.4 Å². The number of pyridine rings is 1. The molecule has 0 aliphatic rings. The molecule has 0 bridgehead atoms. The molecule has 0 saturated carbocycles. The van der Waals surface area contributed by atoms with Gasteiger partial charge in [0, 0.05) is 19.0 Å². The fourth-order valence-corrected chi connectivity index (χ4v) is 1.18. The first-order valence-corrected chi connectivity index (χ1v) is 4.53. The number of hydrogen-bond acceptors (Lipinski definition) is 3. The van der Waals surface area contributed by atoms with Crippen LogP contribution >= 0.6 is 0 Å². The molecule has 0 amide bonds. The van der Waals surface area contributed by atoms with Crippen LogP contribution in [0, 0.1) is 0 Å². The summed E-state index contributed by atoms with van der Waals surface area (Å²) in [5.41, 5.74) is 1.21. The predicted octanol–water partition coefficient (Wildman–Crippen LogP) is 1.38. The minimum atomic E-state index is 0.267. The smallest absolute Gasteiger partial charge is 0.0661 e. The Bertz CT molecular complexity index is 226. The highest BCUT2D eigenvalue weighted by molar-refractivity contribution is 5.14. The molecule has 1 aromatic rings. The van der Waals surface area contributed by atoms with Crippen LogP contribution in [0.2, 0.25) is 0 Å². The van der Waals surface area contributed by atoms with E-state index in [0.717, 1.165) is 6.61 Å². The SMILES string of the molecule is CCOCC(NC)c1ccncc1. The summed E-state index contributed by atoms with van der Waals surface area (Å²) in [6, 6.07) is 4.27. The van der Waals surface area contributed by atoms with Crippen LogP contribution in [0.1, 0.15) is 18.5 Å². The van der Waals surface area contributed by atoms with Gasteiger partial charge in [0.25, 0.3) is 0 Å². The van der Waals surface area contributed by atoms with E-state index in [-0.39, 0.29) is 6.04 Å². The van der Waals surface area contributed by atoms with Gasteiger partial charge in [0.2, 0.25) is 0 Å². The van der Waals surface area contributed by atoms with Crippen molar-refractivity contribution in [3.05, 3.63) is 30.1 Å². The van der Waals surface area contributed by atoms with Crippen LogP contribution in [0.25, 0.3) is 0 Å². The second-order valence-electron chi connectivity index (χ2n) is 2.78. The van der Waals surface area contributed by atoms with Crippen molar-refractivity contribution in [2.24, 2.45) is 0 Å². The van der Waals surface area contributed by atoms with E-state index in [0.29, 0.717) is 6.61 Å². The Balaban J connectivity index is 2.56. The molecule has 1 unspecified atom stereocenters. The summed E-state index contributed by atoms with van der Waals surface area (Å²) in [7, 11) is 1.93. The van der Waals surface area contributed by atoms with Gasteiger partial charge in [0.1, 0.15) is 0 Å². The molecule has 1 heterocycles. The Hall–Kier alpha value is -0.930. The van der Waals surface area contributed by atoms with Crippen molar-refractivity contribution >= 4 is 0 Å². The molecule has 1 atom stereocenters. The molecule has 1 aromatic heterocycles. The van der Waals surface area contributed by atoms with Crippen LogP contribution in [-0.2, 0) is 4.74 Å². The van der Waals surface area contributed by atoms with Gasteiger partial charge in [0.15, 0.2) is 0 Å². The zero-order valence-corrected chi connectivity index (χ0v) is 8.16. The Morgan fingerprint density at radius 2 is 2.15 bits per heavy atom. The van der Waals surface area contributed by atoms with E-state index >= 15 is 0 Å². The van der Waals surface area contributed by atoms with Crippen LogP contribution in [0.4, 0.5) is 0 Å². The highest BCUT2D eigenvalue weighted by Crippen LogP contribution is 2.10. The van der Waals surface area contributed by atoms with E-state index in [1.165, 1.54) is 5.56 Å². The lowest BCUT2D eigenvalue weighted by Gasteiger charge is -2.15. The van der Waals surface area contributed by atoms with Crippen molar-refractivity contribution in [1.82, 2.24) is 10.3 Å². The standard InChI is InChI=1S/C10H16N2O/c1-3-13-8-10(11-2)9-4-6-12-7-5-9/h4-7,10-11H,3,8H2,1-2H3. The average Bonchev–Trinajstić information content (AvgIpc) is 2.21. The quantitative estimate of drug-likeness (QED) is 0.743. The molecule has 13 heavy (non-hydrogen) atoms. The second kappa shape index (κ2) is 5.67. The van der Waals surface area contributed by atoms with Crippen molar-refractivity contribution < 1.29 is 4.74 Å². The Morgan fingerprint density at radius 1 is 1.46 bits per heavy atom. The van der Waals surface area contributed by atoms with Gasteiger partial charge in [-0.15, -0.1) is 0 Å².